The lowest BCUT2D eigenvalue weighted by Gasteiger charge is -2.08. The second kappa shape index (κ2) is 4.37. The molecule has 2 heterocycles. The number of hydrogen-bond donors (Lipinski definition) is 1. The molecule has 0 unspecified atom stereocenters. The summed E-state index contributed by atoms with van der Waals surface area (Å²) in [6, 6.07) is 2.42. The smallest absolute Gasteiger partial charge is 0.396 e. The van der Waals surface area contributed by atoms with E-state index in [2.05, 4.69) is 4.98 Å². The van der Waals surface area contributed by atoms with E-state index in [-0.39, 0.29) is 6.61 Å². The van der Waals surface area contributed by atoms with E-state index in [0.29, 0.717) is 24.2 Å². The highest BCUT2D eigenvalue weighted by molar-refractivity contribution is 5.47. The third kappa shape index (κ3) is 2.41. The Balaban J connectivity index is 2.43. The van der Waals surface area contributed by atoms with Crippen molar-refractivity contribution in [1.82, 2.24) is 9.38 Å². The van der Waals surface area contributed by atoms with Crippen LogP contribution in [0.4, 0.5) is 13.2 Å². The molecular formula is C11H11F3N2O. The maximum absolute atomic E-state index is 12.5. The number of aryl methyl sites for hydroxylation is 1. The number of aliphatic hydroxyl groups is 1. The van der Waals surface area contributed by atoms with Crippen LogP contribution in [0, 0.1) is 0 Å². The second-order valence-electron chi connectivity index (χ2n) is 3.71. The predicted molar refractivity (Wildman–Crippen MR) is 55.6 cm³/mol. The molecule has 0 spiro atoms. The van der Waals surface area contributed by atoms with E-state index in [0.717, 1.165) is 12.3 Å². The summed E-state index contributed by atoms with van der Waals surface area (Å²) in [7, 11) is 0. The van der Waals surface area contributed by atoms with Crippen LogP contribution in [-0.2, 0) is 12.6 Å². The zero-order chi connectivity index (χ0) is 12.5. The van der Waals surface area contributed by atoms with Crippen LogP contribution in [0.25, 0.3) is 5.52 Å². The van der Waals surface area contributed by atoms with Crippen LogP contribution < -0.4 is 0 Å². The predicted octanol–water partition coefficient (Wildman–Crippen LogP) is 2.28. The molecule has 0 bridgehead atoms. The number of nitrogens with zero attached hydrogens (tertiary/aromatic N) is 2. The molecule has 0 amide bonds. The molecule has 2 rings (SSSR count). The number of aliphatic hydroxyl groups excluding tert-OH is 1. The summed E-state index contributed by atoms with van der Waals surface area (Å²) in [6.45, 7) is -0.00608. The molecule has 17 heavy (non-hydrogen) atoms. The molecule has 2 aromatic heterocycles. The molecule has 2 aromatic rings. The Morgan fingerprint density at radius 3 is 2.71 bits per heavy atom. The Hall–Kier alpha value is -1.56. The first-order valence-electron chi connectivity index (χ1n) is 5.16. The number of fused-ring (bicyclic) bond motifs is 1. The first-order chi connectivity index (χ1) is 8.02. The maximum atomic E-state index is 12.5. The number of alkyl halides is 3. The highest BCUT2D eigenvalue weighted by atomic mass is 19.4. The van der Waals surface area contributed by atoms with Crippen molar-refractivity contribution in [2.45, 2.75) is 19.0 Å². The van der Waals surface area contributed by atoms with Gasteiger partial charge in [0.05, 0.1) is 17.3 Å². The molecule has 6 heteroatoms. The first kappa shape index (κ1) is 11.9. The van der Waals surface area contributed by atoms with Gasteiger partial charge in [-0.2, -0.15) is 13.2 Å². The lowest BCUT2D eigenvalue weighted by atomic mass is 10.2. The molecule has 0 atom stereocenters. The zero-order valence-electron chi connectivity index (χ0n) is 8.91. The van der Waals surface area contributed by atoms with Gasteiger partial charge in [0.25, 0.3) is 0 Å². The van der Waals surface area contributed by atoms with E-state index < -0.39 is 11.7 Å². The Bertz CT molecular complexity index is 519. The minimum Gasteiger partial charge on any atom is -0.396 e. The van der Waals surface area contributed by atoms with Gasteiger partial charge in [-0.3, -0.25) is 0 Å². The molecule has 1 N–H and O–H groups in total. The molecule has 0 fully saturated rings. The molecule has 0 saturated carbocycles. The first-order valence-corrected chi connectivity index (χ1v) is 5.16. The molecule has 0 aliphatic heterocycles. The van der Waals surface area contributed by atoms with Crippen LogP contribution in [0.15, 0.2) is 24.5 Å². The largest absolute Gasteiger partial charge is 0.417 e. The summed E-state index contributed by atoms with van der Waals surface area (Å²) in [6.07, 6.45) is -0.865. The second-order valence-corrected chi connectivity index (χ2v) is 3.71. The number of hydrogen-bond acceptors (Lipinski definition) is 2. The topological polar surface area (TPSA) is 37.5 Å². The minimum atomic E-state index is -4.35. The molecule has 0 aromatic carbocycles. The quantitative estimate of drug-likeness (QED) is 0.899. The van der Waals surface area contributed by atoms with Crippen molar-refractivity contribution in [3.8, 4) is 0 Å². The van der Waals surface area contributed by atoms with Crippen LogP contribution in [0.1, 0.15) is 17.8 Å². The van der Waals surface area contributed by atoms with Crippen LogP contribution in [0.3, 0.4) is 0 Å². The summed E-state index contributed by atoms with van der Waals surface area (Å²) in [5, 5.41) is 8.70. The Morgan fingerprint density at radius 2 is 2.06 bits per heavy atom. The van der Waals surface area contributed by atoms with Gasteiger partial charge in [-0.1, -0.05) is 0 Å². The van der Waals surface area contributed by atoms with Crippen LogP contribution in [0.2, 0.25) is 0 Å². The number of pyridine rings is 1. The summed E-state index contributed by atoms with van der Waals surface area (Å²) in [5.41, 5.74) is -0.0841. The van der Waals surface area contributed by atoms with E-state index >= 15 is 0 Å². The number of imidazole rings is 1. The van der Waals surface area contributed by atoms with Gasteiger partial charge in [-0.25, -0.2) is 4.98 Å². The Morgan fingerprint density at radius 1 is 1.29 bits per heavy atom. The Labute approximate surface area is 95.5 Å². The van der Waals surface area contributed by atoms with Gasteiger partial charge in [-0.05, 0) is 18.6 Å². The number of halogens is 3. The average molecular weight is 244 g/mol. The normalized spacial score (nSPS) is 12.2. The molecule has 0 saturated heterocycles. The third-order valence-electron chi connectivity index (χ3n) is 2.49. The highest BCUT2D eigenvalue weighted by Gasteiger charge is 2.30. The molecular weight excluding hydrogens is 233 g/mol. The van der Waals surface area contributed by atoms with Gasteiger partial charge in [-0.15, -0.1) is 0 Å². The van der Waals surface area contributed by atoms with Crippen LogP contribution >= 0.6 is 0 Å². The van der Waals surface area contributed by atoms with E-state index in [9.17, 15) is 13.2 Å². The monoisotopic (exact) mass is 244 g/mol. The third-order valence-corrected chi connectivity index (χ3v) is 2.49. The minimum absolute atomic E-state index is 0.00608. The highest BCUT2D eigenvalue weighted by Crippen LogP contribution is 2.29. The van der Waals surface area contributed by atoms with E-state index in [1.807, 2.05) is 0 Å². The van der Waals surface area contributed by atoms with E-state index in [1.54, 1.807) is 0 Å². The van der Waals surface area contributed by atoms with Crippen molar-refractivity contribution in [1.29, 1.82) is 0 Å². The van der Waals surface area contributed by atoms with Gasteiger partial charge in [0.15, 0.2) is 0 Å². The number of rotatable bonds is 3. The maximum Gasteiger partial charge on any atom is 0.417 e. The summed E-state index contributed by atoms with van der Waals surface area (Å²) in [5.74, 6) is 0.528. The van der Waals surface area contributed by atoms with E-state index in [1.165, 1.54) is 16.7 Å². The standard InChI is InChI=1S/C11H11F3N2O/c12-11(13,14)8-3-4-9-6-15-10(2-1-5-17)16(9)7-8/h3-4,6-7,17H,1-2,5H2. The van der Waals surface area contributed by atoms with Gasteiger partial charge in [0.2, 0.25) is 0 Å². The summed E-state index contributed by atoms with van der Waals surface area (Å²) < 4.78 is 39.0. The summed E-state index contributed by atoms with van der Waals surface area (Å²) in [4.78, 5) is 4.04. The summed E-state index contributed by atoms with van der Waals surface area (Å²) >= 11 is 0. The van der Waals surface area contributed by atoms with Gasteiger partial charge in [0.1, 0.15) is 5.82 Å². The lowest BCUT2D eigenvalue weighted by molar-refractivity contribution is -0.137. The van der Waals surface area contributed by atoms with Gasteiger partial charge >= 0.3 is 6.18 Å². The molecule has 0 radical (unpaired) electrons. The van der Waals surface area contributed by atoms with Crippen molar-refractivity contribution >= 4 is 5.52 Å². The average Bonchev–Trinajstić information content (AvgIpc) is 2.67. The fourth-order valence-electron chi connectivity index (χ4n) is 1.63. The van der Waals surface area contributed by atoms with Crippen LogP contribution in [0.5, 0.6) is 0 Å². The molecule has 0 aliphatic carbocycles. The van der Waals surface area contributed by atoms with E-state index in [4.69, 9.17) is 5.11 Å². The molecule has 3 nitrogen and oxygen atoms in total. The van der Waals surface area contributed by atoms with Crippen LogP contribution in [-0.4, -0.2) is 21.1 Å². The van der Waals surface area contributed by atoms with Crippen molar-refractivity contribution in [3.05, 3.63) is 35.9 Å². The fourth-order valence-corrected chi connectivity index (χ4v) is 1.63. The zero-order valence-corrected chi connectivity index (χ0v) is 8.91. The van der Waals surface area contributed by atoms with Crippen molar-refractivity contribution in [3.63, 3.8) is 0 Å². The van der Waals surface area contributed by atoms with Crippen molar-refractivity contribution < 1.29 is 18.3 Å². The SMILES string of the molecule is OCCCc1ncc2ccc(C(F)(F)F)cn12. The van der Waals surface area contributed by atoms with Crippen molar-refractivity contribution in [2.24, 2.45) is 0 Å². The van der Waals surface area contributed by atoms with Gasteiger partial charge in [0, 0.05) is 19.2 Å². The molecule has 0 aliphatic rings. The van der Waals surface area contributed by atoms with Gasteiger partial charge < -0.3 is 9.51 Å². The Kier molecular flexibility index (Phi) is 3.06. The molecule has 92 valence electrons. The number of aromatic nitrogens is 2. The lowest BCUT2D eigenvalue weighted by Crippen LogP contribution is -2.07. The fraction of sp³-hybridized carbons (Fsp3) is 0.364. The van der Waals surface area contributed by atoms with Crippen molar-refractivity contribution in [2.75, 3.05) is 6.61 Å².